The third kappa shape index (κ3) is 2.79. The smallest absolute Gasteiger partial charge is 0.341 e. The molecule has 0 radical (unpaired) electrons. The van der Waals surface area contributed by atoms with Crippen molar-refractivity contribution in [2.45, 2.75) is 32.6 Å². The van der Waals surface area contributed by atoms with Crippen LogP contribution in [0.5, 0.6) is 0 Å². The number of thioether (sulfide) groups is 1. The lowest BCUT2D eigenvalue weighted by Crippen LogP contribution is -2.24. The van der Waals surface area contributed by atoms with Crippen LogP contribution in [-0.4, -0.2) is 41.4 Å². The maximum Gasteiger partial charge on any atom is 0.341 e. The van der Waals surface area contributed by atoms with E-state index in [1.165, 1.54) is 16.6 Å². The van der Waals surface area contributed by atoms with Gasteiger partial charge in [-0.15, -0.1) is 11.3 Å². The predicted molar refractivity (Wildman–Crippen MR) is 89.2 cm³/mol. The average molecular weight is 338 g/mol. The van der Waals surface area contributed by atoms with Crippen molar-refractivity contribution in [3.05, 3.63) is 16.0 Å². The van der Waals surface area contributed by atoms with E-state index in [4.69, 9.17) is 4.74 Å². The number of carbonyl (C=O) groups excluding carboxylic acids is 2. The topological polar surface area (TPSA) is 59.0 Å². The highest BCUT2D eigenvalue weighted by atomic mass is 32.2. The first kappa shape index (κ1) is 15.6. The summed E-state index contributed by atoms with van der Waals surface area (Å²) >= 11 is 2.98. The third-order valence-electron chi connectivity index (χ3n) is 3.82. The molecule has 0 unspecified atom stereocenters. The fourth-order valence-electron chi connectivity index (χ4n) is 2.66. The summed E-state index contributed by atoms with van der Waals surface area (Å²) in [6.45, 7) is 2.16. The van der Waals surface area contributed by atoms with Crippen molar-refractivity contribution in [1.82, 2.24) is 4.90 Å². The summed E-state index contributed by atoms with van der Waals surface area (Å²) in [4.78, 5) is 31.4. The number of carbonyl (C=O) groups is 2. The van der Waals surface area contributed by atoms with Crippen molar-refractivity contribution >= 4 is 45.1 Å². The molecule has 1 aliphatic carbocycles. The van der Waals surface area contributed by atoms with E-state index in [0.717, 1.165) is 31.2 Å². The van der Waals surface area contributed by atoms with Gasteiger partial charge in [-0.05, 0) is 38.2 Å². The number of hydrogen-bond acceptors (Lipinski definition) is 6. The van der Waals surface area contributed by atoms with Crippen LogP contribution in [0.1, 0.15) is 40.6 Å². The first-order valence-corrected chi connectivity index (χ1v) is 9.21. The number of rotatable bonds is 3. The SMILES string of the molecule is CCOC(=O)c1c(/N=C2\SCC(=O)N2C)sc2c1CCCC2. The number of ether oxygens (including phenoxy) is 1. The van der Waals surface area contributed by atoms with Crippen LogP contribution in [0, 0.1) is 0 Å². The van der Waals surface area contributed by atoms with Gasteiger partial charge in [-0.1, -0.05) is 11.8 Å². The Morgan fingerprint density at radius 2 is 2.14 bits per heavy atom. The molecule has 0 saturated carbocycles. The average Bonchev–Trinajstić information content (AvgIpc) is 3.02. The zero-order valence-corrected chi connectivity index (χ0v) is 14.3. The van der Waals surface area contributed by atoms with Gasteiger partial charge < -0.3 is 4.74 Å². The van der Waals surface area contributed by atoms with Crippen LogP contribution in [0.25, 0.3) is 0 Å². The van der Waals surface area contributed by atoms with Crippen LogP contribution < -0.4 is 0 Å². The molecular weight excluding hydrogens is 320 g/mol. The summed E-state index contributed by atoms with van der Waals surface area (Å²) < 4.78 is 5.22. The molecule has 1 aromatic heterocycles. The summed E-state index contributed by atoms with van der Waals surface area (Å²) in [5.41, 5.74) is 1.72. The number of nitrogens with zero attached hydrogens (tertiary/aromatic N) is 2. The Morgan fingerprint density at radius 3 is 2.82 bits per heavy atom. The van der Waals surface area contributed by atoms with Crippen molar-refractivity contribution in [3.63, 3.8) is 0 Å². The van der Waals surface area contributed by atoms with Gasteiger partial charge in [0.1, 0.15) is 5.00 Å². The van der Waals surface area contributed by atoms with E-state index in [9.17, 15) is 9.59 Å². The quantitative estimate of drug-likeness (QED) is 0.795. The van der Waals surface area contributed by atoms with E-state index >= 15 is 0 Å². The van der Waals surface area contributed by atoms with Gasteiger partial charge in [-0.2, -0.15) is 0 Å². The van der Waals surface area contributed by atoms with Crippen molar-refractivity contribution < 1.29 is 14.3 Å². The maximum absolute atomic E-state index is 12.3. The molecule has 0 bridgehead atoms. The monoisotopic (exact) mass is 338 g/mol. The molecule has 0 atom stereocenters. The predicted octanol–water partition coefficient (Wildman–Crippen LogP) is 3.00. The molecule has 22 heavy (non-hydrogen) atoms. The second kappa shape index (κ2) is 6.42. The van der Waals surface area contributed by atoms with Gasteiger partial charge in [0.05, 0.1) is 17.9 Å². The number of amides is 1. The lowest BCUT2D eigenvalue weighted by molar-refractivity contribution is -0.123. The molecule has 1 amide bonds. The molecule has 0 aromatic carbocycles. The highest BCUT2D eigenvalue weighted by Gasteiger charge is 2.29. The van der Waals surface area contributed by atoms with Crippen LogP contribution >= 0.6 is 23.1 Å². The molecule has 7 heteroatoms. The fourth-order valence-corrected chi connectivity index (χ4v) is 4.87. The van der Waals surface area contributed by atoms with Gasteiger partial charge in [-0.3, -0.25) is 9.69 Å². The Labute approximate surface area is 137 Å². The first-order chi connectivity index (χ1) is 10.6. The zero-order valence-electron chi connectivity index (χ0n) is 12.7. The summed E-state index contributed by atoms with van der Waals surface area (Å²) in [6.07, 6.45) is 4.16. The molecule has 0 spiro atoms. The van der Waals surface area contributed by atoms with Crippen molar-refractivity contribution in [2.75, 3.05) is 19.4 Å². The Morgan fingerprint density at radius 1 is 1.36 bits per heavy atom. The van der Waals surface area contributed by atoms with E-state index in [1.807, 2.05) is 6.92 Å². The first-order valence-electron chi connectivity index (χ1n) is 7.41. The Kier molecular flexibility index (Phi) is 4.54. The number of amidine groups is 1. The van der Waals surface area contributed by atoms with Gasteiger partial charge >= 0.3 is 5.97 Å². The molecule has 1 fully saturated rings. The minimum atomic E-state index is -0.293. The summed E-state index contributed by atoms with van der Waals surface area (Å²) in [6, 6.07) is 0. The molecule has 2 heterocycles. The number of aliphatic imine (C=N–C) groups is 1. The second-order valence-corrected chi connectivity index (χ2v) is 7.27. The number of esters is 1. The summed E-state index contributed by atoms with van der Waals surface area (Å²) in [5.74, 6) is 0.163. The largest absolute Gasteiger partial charge is 0.462 e. The molecular formula is C15H18N2O3S2. The minimum absolute atomic E-state index is 0.0442. The van der Waals surface area contributed by atoms with E-state index in [1.54, 1.807) is 23.3 Å². The molecule has 3 rings (SSSR count). The fraction of sp³-hybridized carbons (Fsp3) is 0.533. The highest BCUT2D eigenvalue weighted by Crippen LogP contribution is 2.41. The molecule has 5 nitrogen and oxygen atoms in total. The minimum Gasteiger partial charge on any atom is -0.462 e. The van der Waals surface area contributed by atoms with Crippen molar-refractivity contribution in [3.8, 4) is 0 Å². The van der Waals surface area contributed by atoms with Crippen LogP contribution in [-0.2, 0) is 22.4 Å². The number of fused-ring (bicyclic) bond motifs is 1. The lowest BCUT2D eigenvalue weighted by atomic mass is 9.95. The zero-order chi connectivity index (χ0) is 15.7. The van der Waals surface area contributed by atoms with Crippen LogP contribution in [0.3, 0.4) is 0 Å². The lowest BCUT2D eigenvalue weighted by Gasteiger charge is -2.12. The second-order valence-electron chi connectivity index (χ2n) is 5.25. The molecule has 1 aliphatic heterocycles. The van der Waals surface area contributed by atoms with E-state index in [-0.39, 0.29) is 11.9 Å². The van der Waals surface area contributed by atoms with E-state index in [0.29, 0.717) is 28.1 Å². The molecule has 1 saturated heterocycles. The number of thiophene rings is 1. The number of hydrogen-bond donors (Lipinski definition) is 0. The Bertz CT molecular complexity index is 651. The molecule has 2 aliphatic rings. The Hall–Kier alpha value is -1.34. The van der Waals surface area contributed by atoms with Gasteiger partial charge in [0.25, 0.3) is 0 Å². The van der Waals surface area contributed by atoms with Crippen LogP contribution in [0.4, 0.5) is 5.00 Å². The normalized spacial score (nSPS) is 19.6. The van der Waals surface area contributed by atoms with Crippen LogP contribution in [0.15, 0.2) is 4.99 Å². The molecule has 0 N–H and O–H groups in total. The third-order valence-corrected chi connectivity index (χ3v) is 6.02. The van der Waals surface area contributed by atoms with Crippen molar-refractivity contribution in [1.29, 1.82) is 0 Å². The maximum atomic E-state index is 12.3. The summed E-state index contributed by atoms with van der Waals surface area (Å²) in [7, 11) is 1.72. The van der Waals surface area contributed by atoms with Crippen LogP contribution in [0.2, 0.25) is 0 Å². The molecule has 118 valence electrons. The van der Waals surface area contributed by atoms with E-state index in [2.05, 4.69) is 4.99 Å². The van der Waals surface area contributed by atoms with Gasteiger partial charge in [0.15, 0.2) is 5.17 Å². The number of aryl methyl sites for hydroxylation is 1. The summed E-state index contributed by atoms with van der Waals surface area (Å²) in [5, 5.41) is 1.35. The molecule has 1 aromatic rings. The highest BCUT2D eigenvalue weighted by molar-refractivity contribution is 8.15. The van der Waals surface area contributed by atoms with E-state index < -0.39 is 0 Å². The van der Waals surface area contributed by atoms with Crippen molar-refractivity contribution in [2.24, 2.45) is 4.99 Å². The Balaban J connectivity index is 2.03. The van der Waals surface area contributed by atoms with Gasteiger partial charge in [-0.25, -0.2) is 9.79 Å². The van der Waals surface area contributed by atoms with Gasteiger partial charge in [0, 0.05) is 11.9 Å². The standard InChI is InChI=1S/C15H18N2O3S2/c1-3-20-14(19)12-9-6-4-5-7-10(9)22-13(12)16-15-17(2)11(18)8-21-15/h3-8H2,1-2H3/b16-15-. The van der Waals surface area contributed by atoms with Gasteiger partial charge in [0.2, 0.25) is 5.91 Å².